The van der Waals surface area contributed by atoms with E-state index in [2.05, 4.69) is 27.0 Å². The minimum Gasteiger partial charge on any atom is -0.497 e. The van der Waals surface area contributed by atoms with Crippen molar-refractivity contribution in [1.29, 1.82) is 0 Å². The van der Waals surface area contributed by atoms with Gasteiger partial charge in [-0.3, -0.25) is 0 Å². The zero-order valence-corrected chi connectivity index (χ0v) is 17.5. The van der Waals surface area contributed by atoms with Crippen molar-refractivity contribution in [3.63, 3.8) is 0 Å². The van der Waals surface area contributed by atoms with E-state index < -0.39 is 0 Å². The third kappa shape index (κ3) is 3.70. The molecular weight excluding hydrogens is 390 g/mol. The Morgan fingerprint density at radius 3 is 2.71 bits per heavy atom. The molecule has 2 N–H and O–H groups in total. The summed E-state index contributed by atoms with van der Waals surface area (Å²) in [5.41, 5.74) is 9.80. The highest BCUT2D eigenvalue weighted by Gasteiger charge is 2.20. The largest absolute Gasteiger partial charge is 0.497 e. The van der Waals surface area contributed by atoms with Gasteiger partial charge in [-0.2, -0.15) is 0 Å². The Balaban J connectivity index is 1.55. The van der Waals surface area contributed by atoms with Crippen LogP contribution in [0.5, 0.6) is 11.5 Å². The molecule has 0 fully saturated rings. The van der Waals surface area contributed by atoms with Gasteiger partial charge < -0.3 is 20.1 Å². The minimum atomic E-state index is 0.510. The molecule has 3 heterocycles. The molecule has 4 aromatic rings. The molecule has 0 aliphatic carbocycles. The van der Waals surface area contributed by atoms with E-state index in [0.29, 0.717) is 19.0 Å². The van der Waals surface area contributed by atoms with E-state index in [4.69, 9.17) is 20.2 Å². The number of benzene rings is 2. The molecule has 0 radical (unpaired) electrons. The van der Waals surface area contributed by atoms with Crippen LogP contribution in [0.25, 0.3) is 22.0 Å². The molecule has 7 heteroatoms. The summed E-state index contributed by atoms with van der Waals surface area (Å²) in [6.07, 6.45) is 1.79. The van der Waals surface area contributed by atoms with Gasteiger partial charge in [-0.15, -0.1) is 0 Å². The third-order valence-corrected chi connectivity index (χ3v) is 5.46. The number of anilines is 2. The molecule has 5 rings (SSSR count). The van der Waals surface area contributed by atoms with E-state index in [9.17, 15) is 0 Å². The molecule has 0 saturated heterocycles. The van der Waals surface area contributed by atoms with E-state index in [1.165, 1.54) is 0 Å². The van der Waals surface area contributed by atoms with Crippen LogP contribution in [0.2, 0.25) is 0 Å². The number of pyridine rings is 1. The SMILES string of the molecule is COc1ccc2c(N3CCOc4ccc(-c5ccc(N)nc5)cc4C3)nc(C)nc2c1. The van der Waals surface area contributed by atoms with Crippen LogP contribution in [0.3, 0.4) is 0 Å². The van der Waals surface area contributed by atoms with Gasteiger partial charge in [0.1, 0.15) is 35.6 Å². The molecule has 0 saturated carbocycles. The van der Waals surface area contributed by atoms with Gasteiger partial charge in [-0.05, 0) is 48.9 Å². The normalized spacial score (nSPS) is 13.4. The summed E-state index contributed by atoms with van der Waals surface area (Å²) in [4.78, 5) is 15.8. The van der Waals surface area contributed by atoms with E-state index in [-0.39, 0.29) is 0 Å². The Bertz CT molecular complexity index is 1260. The van der Waals surface area contributed by atoms with Crippen LogP contribution >= 0.6 is 0 Å². The number of methoxy groups -OCH3 is 1. The summed E-state index contributed by atoms with van der Waals surface area (Å²) < 4.78 is 11.4. The van der Waals surface area contributed by atoms with Gasteiger partial charge in [0.15, 0.2) is 0 Å². The lowest BCUT2D eigenvalue weighted by molar-refractivity contribution is 0.331. The van der Waals surface area contributed by atoms with Crippen LogP contribution in [-0.4, -0.2) is 35.2 Å². The molecular formula is C24H23N5O2. The lowest BCUT2D eigenvalue weighted by Crippen LogP contribution is -2.26. The number of fused-ring (bicyclic) bond motifs is 2. The number of ether oxygens (including phenoxy) is 2. The van der Waals surface area contributed by atoms with Gasteiger partial charge in [0.25, 0.3) is 0 Å². The van der Waals surface area contributed by atoms with Crippen molar-refractivity contribution in [3.8, 4) is 22.6 Å². The Morgan fingerprint density at radius 1 is 1.03 bits per heavy atom. The summed E-state index contributed by atoms with van der Waals surface area (Å²) in [7, 11) is 1.66. The molecule has 0 atom stereocenters. The van der Waals surface area contributed by atoms with Gasteiger partial charge in [0.2, 0.25) is 0 Å². The summed E-state index contributed by atoms with van der Waals surface area (Å²) in [6.45, 7) is 3.90. The second kappa shape index (κ2) is 7.75. The standard InChI is InChI=1S/C24H23N5O2/c1-15-27-21-12-19(30-2)5-6-20(21)24(28-15)29-9-10-31-22-7-3-16(11-18(22)14-29)17-4-8-23(25)26-13-17/h3-8,11-13H,9-10,14H2,1-2H3,(H2,25,26). The molecule has 0 spiro atoms. The van der Waals surface area contributed by atoms with Crippen LogP contribution in [0.4, 0.5) is 11.6 Å². The Morgan fingerprint density at radius 2 is 1.90 bits per heavy atom. The molecule has 2 aromatic heterocycles. The summed E-state index contributed by atoms with van der Waals surface area (Å²) in [5.74, 6) is 3.81. The van der Waals surface area contributed by atoms with Crippen molar-refractivity contribution in [2.75, 3.05) is 30.9 Å². The van der Waals surface area contributed by atoms with E-state index in [0.717, 1.165) is 57.3 Å². The van der Waals surface area contributed by atoms with Crippen molar-refractivity contribution in [2.24, 2.45) is 0 Å². The van der Waals surface area contributed by atoms with Crippen molar-refractivity contribution in [1.82, 2.24) is 15.0 Å². The van der Waals surface area contributed by atoms with E-state index in [1.807, 2.05) is 43.3 Å². The zero-order chi connectivity index (χ0) is 21.4. The predicted octanol–water partition coefficient (Wildman–Crippen LogP) is 3.99. The van der Waals surface area contributed by atoms with Crippen LogP contribution in [0, 0.1) is 6.92 Å². The molecule has 7 nitrogen and oxygen atoms in total. The van der Waals surface area contributed by atoms with Gasteiger partial charge in [0, 0.05) is 35.3 Å². The second-order valence-corrected chi connectivity index (χ2v) is 7.54. The number of hydrogen-bond acceptors (Lipinski definition) is 7. The molecule has 0 unspecified atom stereocenters. The maximum atomic E-state index is 6.05. The first kappa shape index (κ1) is 19.1. The number of nitrogens with zero attached hydrogens (tertiary/aromatic N) is 4. The molecule has 1 aliphatic heterocycles. The topological polar surface area (TPSA) is 86.4 Å². The maximum absolute atomic E-state index is 6.05. The van der Waals surface area contributed by atoms with Crippen molar-refractivity contribution in [3.05, 3.63) is 66.1 Å². The first-order valence-corrected chi connectivity index (χ1v) is 10.2. The number of nitrogens with two attached hydrogens (primary N) is 1. The Labute approximate surface area is 180 Å². The fourth-order valence-corrected chi connectivity index (χ4v) is 3.90. The van der Waals surface area contributed by atoms with Gasteiger partial charge >= 0.3 is 0 Å². The van der Waals surface area contributed by atoms with Gasteiger partial charge in [-0.1, -0.05) is 6.07 Å². The highest BCUT2D eigenvalue weighted by atomic mass is 16.5. The molecule has 156 valence electrons. The van der Waals surface area contributed by atoms with Crippen LogP contribution < -0.4 is 20.1 Å². The monoisotopic (exact) mass is 413 g/mol. The predicted molar refractivity (Wildman–Crippen MR) is 121 cm³/mol. The minimum absolute atomic E-state index is 0.510. The maximum Gasteiger partial charge on any atom is 0.140 e. The van der Waals surface area contributed by atoms with Gasteiger partial charge in [0.05, 0.1) is 19.2 Å². The van der Waals surface area contributed by atoms with Crippen molar-refractivity contribution < 1.29 is 9.47 Å². The molecule has 31 heavy (non-hydrogen) atoms. The first-order chi connectivity index (χ1) is 15.1. The van der Waals surface area contributed by atoms with Crippen molar-refractivity contribution >= 4 is 22.5 Å². The smallest absolute Gasteiger partial charge is 0.140 e. The molecule has 2 aromatic carbocycles. The fraction of sp³-hybridized carbons (Fsp3) is 0.208. The average molecular weight is 413 g/mol. The van der Waals surface area contributed by atoms with Gasteiger partial charge in [-0.25, -0.2) is 15.0 Å². The highest BCUT2D eigenvalue weighted by molar-refractivity contribution is 5.90. The Hall–Kier alpha value is -3.87. The number of nitrogen functional groups attached to an aromatic ring is 1. The third-order valence-electron chi connectivity index (χ3n) is 5.46. The zero-order valence-electron chi connectivity index (χ0n) is 17.5. The van der Waals surface area contributed by atoms with Crippen LogP contribution in [0.1, 0.15) is 11.4 Å². The summed E-state index contributed by atoms with van der Waals surface area (Å²) in [5, 5.41) is 0.994. The first-order valence-electron chi connectivity index (χ1n) is 10.2. The second-order valence-electron chi connectivity index (χ2n) is 7.54. The number of aromatic nitrogens is 3. The Kier molecular flexibility index (Phi) is 4.78. The highest BCUT2D eigenvalue weighted by Crippen LogP contribution is 2.33. The van der Waals surface area contributed by atoms with Crippen molar-refractivity contribution in [2.45, 2.75) is 13.5 Å². The van der Waals surface area contributed by atoms with E-state index in [1.54, 1.807) is 13.3 Å². The quantitative estimate of drug-likeness (QED) is 0.543. The molecule has 0 amide bonds. The fourth-order valence-electron chi connectivity index (χ4n) is 3.90. The van der Waals surface area contributed by atoms with Crippen LogP contribution in [-0.2, 0) is 6.54 Å². The molecule has 0 bridgehead atoms. The molecule has 1 aliphatic rings. The van der Waals surface area contributed by atoms with E-state index >= 15 is 0 Å². The average Bonchev–Trinajstić information content (AvgIpc) is 3.00. The van der Waals surface area contributed by atoms with Crippen LogP contribution in [0.15, 0.2) is 54.7 Å². The lowest BCUT2D eigenvalue weighted by Gasteiger charge is -2.23. The lowest BCUT2D eigenvalue weighted by atomic mass is 10.0. The number of aryl methyl sites for hydroxylation is 1. The number of rotatable bonds is 3. The summed E-state index contributed by atoms with van der Waals surface area (Å²) in [6, 6.07) is 15.9. The number of hydrogen-bond donors (Lipinski definition) is 1. The summed E-state index contributed by atoms with van der Waals surface area (Å²) >= 11 is 0.